The molecule has 2 aromatic carbocycles. The third-order valence-corrected chi connectivity index (χ3v) is 3.39. The lowest BCUT2D eigenvalue weighted by atomic mass is 9.85. The minimum Gasteiger partial charge on any atom is -0.494 e. The van der Waals surface area contributed by atoms with E-state index in [0.717, 1.165) is 23.8 Å². The summed E-state index contributed by atoms with van der Waals surface area (Å²) in [6, 6.07) is 10.6. The molecule has 0 spiro atoms. The molecule has 0 amide bonds. The zero-order valence-electron chi connectivity index (χ0n) is 12.2. The van der Waals surface area contributed by atoms with Gasteiger partial charge in [0.25, 0.3) is 0 Å². The van der Waals surface area contributed by atoms with Crippen molar-refractivity contribution in [1.82, 2.24) is 0 Å². The van der Waals surface area contributed by atoms with Crippen LogP contribution in [0, 0.1) is 11.6 Å². The summed E-state index contributed by atoms with van der Waals surface area (Å²) in [4.78, 5) is 0. The van der Waals surface area contributed by atoms with Crippen molar-refractivity contribution in [3.63, 3.8) is 0 Å². The summed E-state index contributed by atoms with van der Waals surface area (Å²) in [5.74, 6) is -0.518. The van der Waals surface area contributed by atoms with Crippen LogP contribution in [-0.4, -0.2) is 6.61 Å². The van der Waals surface area contributed by atoms with Crippen molar-refractivity contribution in [1.29, 1.82) is 0 Å². The number of benzene rings is 2. The van der Waals surface area contributed by atoms with Crippen molar-refractivity contribution in [3.8, 4) is 5.75 Å². The average Bonchev–Trinajstić information content (AvgIpc) is 2.44. The van der Waals surface area contributed by atoms with Gasteiger partial charge in [0, 0.05) is 6.07 Å². The monoisotopic (exact) mass is 291 g/mol. The van der Waals surface area contributed by atoms with Crippen molar-refractivity contribution < 1.29 is 13.5 Å². The Hall–Kier alpha value is -1.94. The van der Waals surface area contributed by atoms with Crippen LogP contribution in [0.5, 0.6) is 5.75 Å². The molecule has 21 heavy (non-hydrogen) atoms. The van der Waals surface area contributed by atoms with Gasteiger partial charge in [-0.05, 0) is 48.7 Å². The number of ether oxygens (including phenoxy) is 1. The Morgan fingerprint density at radius 2 is 1.57 bits per heavy atom. The average molecular weight is 291 g/mol. The fourth-order valence-corrected chi connectivity index (χ4v) is 2.14. The predicted octanol–water partition coefficient (Wildman–Crippen LogP) is 3.98. The highest BCUT2D eigenvalue weighted by Crippen LogP contribution is 2.29. The lowest BCUT2D eigenvalue weighted by Gasteiger charge is -2.26. The van der Waals surface area contributed by atoms with Crippen LogP contribution in [0.4, 0.5) is 8.78 Å². The van der Waals surface area contributed by atoms with E-state index in [-0.39, 0.29) is 0 Å². The molecule has 0 aliphatic rings. The molecule has 0 heterocycles. The Bertz CT molecular complexity index is 588. The Kier molecular flexibility index (Phi) is 4.58. The topological polar surface area (TPSA) is 35.2 Å². The van der Waals surface area contributed by atoms with Gasteiger partial charge in [0.2, 0.25) is 0 Å². The van der Waals surface area contributed by atoms with Crippen molar-refractivity contribution in [2.45, 2.75) is 25.8 Å². The smallest absolute Gasteiger partial charge is 0.126 e. The molecule has 0 aromatic heterocycles. The van der Waals surface area contributed by atoms with Crippen molar-refractivity contribution in [2.75, 3.05) is 6.61 Å². The summed E-state index contributed by atoms with van der Waals surface area (Å²) >= 11 is 0. The minimum absolute atomic E-state index is 0.391. The second kappa shape index (κ2) is 6.22. The lowest BCUT2D eigenvalue weighted by Crippen LogP contribution is -2.34. The second-order valence-corrected chi connectivity index (χ2v) is 5.23. The van der Waals surface area contributed by atoms with Crippen LogP contribution in [0.3, 0.4) is 0 Å². The van der Waals surface area contributed by atoms with Gasteiger partial charge in [0.05, 0.1) is 12.1 Å². The second-order valence-electron chi connectivity index (χ2n) is 5.23. The quantitative estimate of drug-likeness (QED) is 0.904. The number of nitrogens with two attached hydrogens (primary N) is 1. The van der Waals surface area contributed by atoms with E-state index in [1.165, 1.54) is 12.1 Å². The van der Waals surface area contributed by atoms with Gasteiger partial charge in [-0.1, -0.05) is 19.1 Å². The Morgan fingerprint density at radius 3 is 2.10 bits per heavy atom. The lowest BCUT2D eigenvalue weighted by molar-refractivity contribution is 0.317. The first kappa shape index (κ1) is 15.4. The van der Waals surface area contributed by atoms with Crippen LogP contribution in [0.15, 0.2) is 42.5 Å². The summed E-state index contributed by atoms with van der Waals surface area (Å²) in [7, 11) is 0. The normalized spacial score (nSPS) is 13.8. The van der Waals surface area contributed by atoms with Crippen LogP contribution in [0.1, 0.15) is 31.4 Å². The highest BCUT2D eigenvalue weighted by molar-refractivity contribution is 5.39. The van der Waals surface area contributed by atoms with E-state index in [4.69, 9.17) is 10.5 Å². The molecule has 2 N–H and O–H groups in total. The summed E-state index contributed by atoms with van der Waals surface area (Å²) in [5, 5.41) is 0. The molecule has 0 saturated heterocycles. The van der Waals surface area contributed by atoms with Crippen molar-refractivity contribution in [2.24, 2.45) is 5.73 Å². The molecule has 2 rings (SSSR count). The Morgan fingerprint density at radius 1 is 1.00 bits per heavy atom. The third kappa shape index (κ3) is 3.58. The van der Waals surface area contributed by atoms with Crippen LogP contribution in [0.25, 0.3) is 0 Å². The molecular formula is C17H19F2NO. The van der Waals surface area contributed by atoms with E-state index < -0.39 is 17.2 Å². The number of rotatable bonds is 5. The summed E-state index contributed by atoms with van der Waals surface area (Å²) in [5.41, 5.74) is 6.44. The molecule has 4 heteroatoms. The molecule has 112 valence electrons. The molecule has 0 radical (unpaired) electrons. The maximum atomic E-state index is 13.4. The van der Waals surface area contributed by atoms with Crippen molar-refractivity contribution in [3.05, 3.63) is 65.2 Å². The molecular weight excluding hydrogens is 272 g/mol. The Balaban J connectivity index is 2.30. The van der Waals surface area contributed by atoms with E-state index >= 15 is 0 Å². The van der Waals surface area contributed by atoms with Gasteiger partial charge in [-0.3, -0.25) is 0 Å². The van der Waals surface area contributed by atoms with E-state index in [2.05, 4.69) is 0 Å². The van der Waals surface area contributed by atoms with Gasteiger partial charge in [-0.15, -0.1) is 0 Å². The highest BCUT2D eigenvalue weighted by Gasteiger charge is 2.25. The largest absolute Gasteiger partial charge is 0.494 e. The first-order valence-corrected chi connectivity index (χ1v) is 6.92. The van der Waals surface area contributed by atoms with Gasteiger partial charge >= 0.3 is 0 Å². The zero-order valence-corrected chi connectivity index (χ0v) is 12.2. The van der Waals surface area contributed by atoms with E-state index in [9.17, 15) is 8.78 Å². The van der Waals surface area contributed by atoms with E-state index in [1.807, 2.05) is 31.2 Å². The highest BCUT2D eigenvalue weighted by atomic mass is 19.1. The molecule has 1 unspecified atom stereocenters. The molecule has 0 saturated carbocycles. The molecule has 2 aromatic rings. The van der Waals surface area contributed by atoms with E-state index in [1.54, 1.807) is 6.92 Å². The SMILES string of the molecule is CCCOc1ccc(C(C)(N)c2cc(F)cc(F)c2)cc1. The number of hydrogen-bond donors (Lipinski definition) is 1. The molecule has 0 fully saturated rings. The number of halogens is 2. The molecule has 0 bridgehead atoms. The van der Waals surface area contributed by atoms with Gasteiger partial charge in [0.15, 0.2) is 0 Å². The first-order chi connectivity index (χ1) is 9.93. The van der Waals surface area contributed by atoms with Gasteiger partial charge in [0.1, 0.15) is 17.4 Å². The standard InChI is InChI=1S/C17H19F2NO/c1-3-8-21-16-6-4-12(5-7-16)17(2,20)13-9-14(18)11-15(19)10-13/h4-7,9-11H,3,8,20H2,1-2H3. The van der Waals surface area contributed by atoms with Crippen molar-refractivity contribution >= 4 is 0 Å². The summed E-state index contributed by atoms with van der Waals surface area (Å²) in [6.07, 6.45) is 0.929. The Labute approximate surface area is 123 Å². The van der Waals surface area contributed by atoms with E-state index in [0.29, 0.717) is 12.2 Å². The maximum Gasteiger partial charge on any atom is 0.126 e. The van der Waals surface area contributed by atoms with Crippen LogP contribution >= 0.6 is 0 Å². The van der Waals surface area contributed by atoms with Gasteiger partial charge in [-0.25, -0.2) is 8.78 Å². The van der Waals surface area contributed by atoms with Crippen LogP contribution < -0.4 is 10.5 Å². The minimum atomic E-state index is -0.980. The predicted molar refractivity (Wildman–Crippen MR) is 79.2 cm³/mol. The fourth-order valence-electron chi connectivity index (χ4n) is 2.14. The first-order valence-electron chi connectivity index (χ1n) is 6.92. The zero-order chi connectivity index (χ0) is 15.5. The third-order valence-electron chi connectivity index (χ3n) is 3.39. The molecule has 2 nitrogen and oxygen atoms in total. The molecule has 0 aliphatic heterocycles. The maximum absolute atomic E-state index is 13.4. The van der Waals surface area contributed by atoms with Gasteiger partial charge in [-0.2, -0.15) is 0 Å². The van der Waals surface area contributed by atoms with Gasteiger partial charge < -0.3 is 10.5 Å². The molecule has 0 aliphatic carbocycles. The summed E-state index contributed by atoms with van der Waals surface area (Å²) in [6.45, 7) is 4.40. The summed E-state index contributed by atoms with van der Waals surface area (Å²) < 4.78 is 32.2. The number of hydrogen-bond acceptors (Lipinski definition) is 2. The fraction of sp³-hybridized carbons (Fsp3) is 0.294. The van der Waals surface area contributed by atoms with Crippen LogP contribution in [-0.2, 0) is 5.54 Å². The van der Waals surface area contributed by atoms with Crippen LogP contribution in [0.2, 0.25) is 0 Å². The molecule has 1 atom stereocenters.